The normalized spacial score (nSPS) is 50.9. The van der Waals surface area contributed by atoms with Gasteiger partial charge in [-0.25, -0.2) is 0 Å². The number of fused-ring (bicyclic) bond motifs is 7. The molecule has 170 valence electrons. The van der Waals surface area contributed by atoms with Crippen LogP contribution in [0.4, 0.5) is 0 Å². The first-order valence-electron chi connectivity index (χ1n) is 12.9. The SMILES string of the molecule is CC1=C(CCC(C)CO)OC2CC3C4CCC5CC(O)CCC5(C)C4CCC3(C)C12. The van der Waals surface area contributed by atoms with Crippen molar-refractivity contribution in [2.45, 2.75) is 104 Å². The second-order valence-corrected chi connectivity index (χ2v) is 12.4. The maximum absolute atomic E-state index is 10.3. The van der Waals surface area contributed by atoms with Crippen molar-refractivity contribution in [1.29, 1.82) is 0 Å². The van der Waals surface area contributed by atoms with Gasteiger partial charge in [0.2, 0.25) is 0 Å². The third-order valence-electron chi connectivity index (χ3n) is 11.0. The average Bonchev–Trinajstić information content (AvgIpc) is 3.20. The predicted molar refractivity (Wildman–Crippen MR) is 120 cm³/mol. The Morgan fingerprint density at radius 1 is 1.03 bits per heavy atom. The number of rotatable bonds is 4. The quantitative estimate of drug-likeness (QED) is 0.618. The molecule has 0 amide bonds. The zero-order chi connectivity index (χ0) is 21.3. The standard InChI is InChI=1S/C27H44O3/c1-16(15-28)5-8-23-17(2)25-24(30-23)14-22-20-7-6-18-13-19(29)9-11-26(18,3)21(20)10-12-27(22,25)4/h16,18-22,24-25,28-29H,5-15H2,1-4H3. The van der Waals surface area contributed by atoms with Crippen molar-refractivity contribution in [3.8, 4) is 0 Å². The molecule has 10 atom stereocenters. The summed E-state index contributed by atoms with van der Waals surface area (Å²) in [6, 6.07) is 0. The van der Waals surface area contributed by atoms with E-state index in [4.69, 9.17) is 4.74 Å². The largest absolute Gasteiger partial charge is 0.494 e. The number of ether oxygens (including phenoxy) is 1. The van der Waals surface area contributed by atoms with Gasteiger partial charge in [0.1, 0.15) is 6.10 Å². The lowest BCUT2D eigenvalue weighted by Crippen LogP contribution is -2.54. The van der Waals surface area contributed by atoms with Gasteiger partial charge in [0.15, 0.2) is 0 Å². The minimum atomic E-state index is -0.0486. The molecule has 0 aromatic rings. The van der Waals surface area contributed by atoms with E-state index in [9.17, 15) is 10.2 Å². The van der Waals surface area contributed by atoms with Crippen molar-refractivity contribution >= 4 is 0 Å². The van der Waals surface area contributed by atoms with Crippen molar-refractivity contribution in [1.82, 2.24) is 0 Å². The van der Waals surface area contributed by atoms with Gasteiger partial charge in [-0.15, -0.1) is 0 Å². The van der Waals surface area contributed by atoms with Crippen LogP contribution in [0.5, 0.6) is 0 Å². The molecule has 0 spiro atoms. The van der Waals surface area contributed by atoms with Crippen LogP contribution in [0, 0.1) is 46.3 Å². The molecule has 5 rings (SSSR count). The van der Waals surface area contributed by atoms with Crippen molar-refractivity contribution in [2.75, 3.05) is 6.61 Å². The van der Waals surface area contributed by atoms with Gasteiger partial charge in [-0.2, -0.15) is 0 Å². The Hall–Kier alpha value is -0.540. The Morgan fingerprint density at radius 2 is 1.80 bits per heavy atom. The van der Waals surface area contributed by atoms with Crippen LogP contribution in [0.15, 0.2) is 11.3 Å². The highest BCUT2D eigenvalue weighted by Crippen LogP contribution is 2.69. The van der Waals surface area contributed by atoms with Crippen LogP contribution < -0.4 is 0 Å². The van der Waals surface area contributed by atoms with E-state index in [1.54, 1.807) is 0 Å². The Balaban J connectivity index is 1.36. The molecule has 4 saturated carbocycles. The molecule has 0 radical (unpaired) electrons. The van der Waals surface area contributed by atoms with Crippen molar-refractivity contribution < 1.29 is 14.9 Å². The summed E-state index contributed by atoms with van der Waals surface area (Å²) in [5.41, 5.74) is 2.39. The molecule has 10 unspecified atom stereocenters. The maximum atomic E-state index is 10.3. The van der Waals surface area contributed by atoms with E-state index < -0.39 is 0 Å². The third-order valence-corrected chi connectivity index (χ3v) is 11.0. The van der Waals surface area contributed by atoms with Gasteiger partial charge < -0.3 is 14.9 Å². The zero-order valence-electron chi connectivity index (χ0n) is 19.7. The summed E-state index contributed by atoms with van der Waals surface area (Å²) in [4.78, 5) is 0. The lowest BCUT2D eigenvalue weighted by atomic mass is 9.44. The Kier molecular flexibility index (Phi) is 5.33. The lowest BCUT2D eigenvalue weighted by molar-refractivity contribution is -0.124. The molecule has 0 aromatic carbocycles. The number of hydrogen-bond donors (Lipinski definition) is 2. The summed E-state index contributed by atoms with van der Waals surface area (Å²) in [6.07, 6.45) is 12.4. The number of allylic oxidation sites excluding steroid dienone is 1. The highest BCUT2D eigenvalue weighted by Gasteiger charge is 2.64. The fourth-order valence-corrected chi connectivity index (χ4v) is 9.29. The molecule has 0 bridgehead atoms. The molecule has 30 heavy (non-hydrogen) atoms. The smallest absolute Gasteiger partial charge is 0.106 e. The van der Waals surface area contributed by atoms with E-state index in [0.717, 1.165) is 49.4 Å². The zero-order valence-corrected chi connectivity index (χ0v) is 19.7. The third kappa shape index (κ3) is 3.04. The van der Waals surface area contributed by atoms with Crippen molar-refractivity contribution in [2.24, 2.45) is 46.3 Å². The molecule has 1 heterocycles. The lowest BCUT2D eigenvalue weighted by Gasteiger charge is -2.60. The summed E-state index contributed by atoms with van der Waals surface area (Å²) in [5, 5.41) is 19.7. The molecule has 4 fully saturated rings. The fraction of sp³-hybridized carbons (Fsp3) is 0.926. The second-order valence-electron chi connectivity index (χ2n) is 12.4. The first-order valence-corrected chi connectivity index (χ1v) is 12.9. The van der Waals surface area contributed by atoms with Gasteiger partial charge in [0.25, 0.3) is 0 Å². The molecule has 4 aliphatic carbocycles. The summed E-state index contributed by atoms with van der Waals surface area (Å²) in [7, 11) is 0. The van der Waals surface area contributed by atoms with E-state index in [0.29, 0.717) is 28.8 Å². The highest BCUT2D eigenvalue weighted by molar-refractivity contribution is 5.26. The van der Waals surface area contributed by atoms with E-state index in [2.05, 4.69) is 27.7 Å². The van der Waals surface area contributed by atoms with Crippen LogP contribution in [-0.4, -0.2) is 29.0 Å². The second kappa shape index (κ2) is 7.51. The van der Waals surface area contributed by atoms with E-state index in [-0.39, 0.29) is 12.7 Å². The first kappa shape index (κ1) is 21.3. The van der Waals surface area contributed by atoms with E-state index in [1.807, 2.05) is 0 Å². The van der Waals surface area contributed by atoms with Gasteiger partial charge in [-0.05, 0) is 111 Å². The minimum absolute atomic E-state index is 0.0486. The van der Waals surface area contributed by atoms with Crippen LogP contribution in [0.25, 0.3) is 0 Å². The maximum Gasteiger partial charge on any atom is 0.106 e. The number of aliphatic hydroxyl groups is 2. The van der Waals surface area contributed by atoms with Crippen LogP contribution in [0.1, 0.15) is 91.9 Å². The number of aliphatic hydroxyl groups excluding tert-OH is 2. The Bertz CT molecular complexity index is 700. The molecule has 1 aliphatic heterocycles. The average molecular weight is 417 g/mol. The minimum Gasteiger partial charge on any atom is -0.494 e. The summed E-state index contributed by atoms with van der Waals surface area (Å²) in [6.45, 7) is 9.94. The first-order chi connectivity index (χ1) is 14.3. The Morgan fingerprint density at radius 3 is 2.57 bits per heavy atom. The van der Waals surface area contributed by atoms with Crippen molar-refractivity contribution in [3.05, 3.63) is 11.3 Å². The molecular formula is C27H44O3. The predicted octanol–water partition coefficient (Wildman–Crippen LogP) is 5.70. The van der Waals surface area contributed by atoms with Crippen LogP contribution in [0.3, 0.4) is 0 Å². The van der Waals surface area contributed by atoms with Crippen LogP contribution in [-0.2, 0) is 4.74 Å². The molecule has 2 N–H and O–H groups in total. The van der Waals surface area contributed by atoms with E-state index in [1.165, 1.54) is 49.9 Å². The van der Waals surface area contributed by atoms with Crippen LogP contribution in [0.2, 0.25) is 0 Å². The topological polar surface area (TPSA) is 49.7 Å². The van der Waals surface area contributed by atoms with Gasteiger partial charge >= 0.3 is 0 Å². The highest BCUT2D eigenvalue weighted by atomic mass is 16.5. The number of hydrogen-bond acceptors (Lipinski definition) is 3. The Labute approximate surface area is 183 Å². The van der Waals surface area contributed by atoms with Gasteiger partial charge in [0, 0.05) is 18.9 Å². The molecule has 0 aromatic heterocycles. The molecule has 5 aliphatic rings. The van der Waals surface area contributed by atoms with Crippen LogP contribution >= 0.6 is 0 Å². The molecule has 0 saturated heterocycles. The summed E-state index contributed by atoms with van der Waals surface area (Å²) < 4.78 is 6.64. The molecule has 3 nitrogen and oxygen atoms in total. The fourth-order valence-electron chi connectivity index (χ4n) is 9.29. The van der Waals surface area contributed by atoms with Gasteiger partial charge in [0.05, 0.1) is 11.9 Å². The van der Waals surface area contributed by atoms with Gasteiger partial charge in [-0.3, -0.25) is 0 Å². The monoisotopic (exact) mass is 416 g/mol. The summed E-state index contributed by atoms with van der Waals surface area (Å²) in [5.74, 6) is 5.49. The summed E-state index contributed by atoms with van der Waals surface area (Å²) >= 11 is 0. The van der Waals surface area contributed by atoms with Gasteiger partial charge in [-0.1, -0.05) is 20.8 Å². The van der Waals surface area contributed by atoms with Crippen molar-refractivity contribution in [3.63, 3.8) is 0 Å². The molecule has 3 heteroatoms. The van der Waals surface area contributed by atoms with E-state index >= 15 is 0 Å². The molecular weight excluding hydrogens is 372 g/mol.